The molecule has 1 aromatic carbocycles. The largest absolute Gasteiger partial charge is 0.481 e. The average molecular weight is 859 g/mol. The van der Waals surface area contributed by atoms with Gasteiger partial charge in [0.2, 0.25) is 47.3 Å². The van der Waals surface area contributed by atoms with Crippen molar-refractivity contribution in [3.8, 4) is 0 Å². The molecule has 5 atom stereocenters. The minimum Gasteiger partial charge on any atom is -0.481 e. The number of carbonyl (C=O) groups excluding carboxylic acids is 8. The van der Waals surface area contributed by atoms with Crippen molar-refractivity contribution in [1.82, 2.24) is 47.1 Å². The van der Waals surface area contributed by atoms with Crippen LogP contribution in [-0.2, 0) is 49.6 Å². The van der Waals surface area contributed by atoms with E-state index in [9.17, 15) is 48.3 Å². The van der Waals surface area contributed by atoms with Gasteiger partial charge < -0.3 is 57.9 Å². The van der Waals surface area contributed by atoms with Crippen molar-refractivity contribution >= 4 is 85.7 Å². The number of aromatic amines is 1. The molecule has 1 aromatic heterocycles. The first-order valence-corrected chi connectivity index (χ1v) is 21.9. The molecule has 0 spiro atoms. The fourth-order valence-electron chi connectivity index (χ4n) is 7.10. The minimum atomic E-state index is -1.71. The van der Waals surface area contributed by atoms with Crippen molar-refractivity contribution in [3.05, 3.63) is 36.0 Å². The van der Waals surface area contributed by atoms with Crippen LogP contribution in [0.1, 0.15) is 44.1 Å². The zero-order valence-corrected chi connectivity index (χ0v) is 33.8. The Morgan fingerprint density at radius 3 is 2.36 bits per heavy atom. The molecule has 2 aromatic rings. The van der Waals surface area contributed by atoms with E-state index in [0.717, 1.165) is 10.9 Å². The summed E-state index contributed by atoms with van der Waals surface area (Å²) in [5, 5.41) is 28.8. The second kappa shape index (κ2) is 21.6. The molecular formula is C37H50N10O10S2. The number of aliphatic carboxylic acids is 1. The molecule has 3 saturated heterocycles. The van der Waals surface area contributed by atoms with Crippen LogP contribution >= 0.6 is 21.6 Å². The predicted molar refractivity (Wildman–Crippen MR) is 217 cm³/mol. The Morgan fingerprint density at radius 2 is 1.61 bits per heavy atom. The lowest BCUT2D eigenvalue weighted by atomic mass is 9.97. The topological polar surface area (TPSA) is 303 Å². The molecule has 0 bridgehead atoms. The molecule has 59 heavy (non-hydrogen) atoms. The molecule has 22 heteroatoms. The zero-order chi connectivity index (χ0) is 42.5. The van der Waals surface area contributed by atoms with Crippen LogP contribution in [-0.4, -0.2) is 143 Å². The Morgan fingerprint density at radius 1 is 0.864 bits per heavy atom. The van der Waals surface area contributed by atoms with E-state index in [1.54, 1.807) is 12.3 Å². The lowest BCUT2D eigenvalue weighted by Gasteiger charge is -2.30. The van der Waals surface area contributed by atoms with Gasteiger partial charge in [0.15, 0.2) is 0 Å². The standard InChI is InChI=1S/C37H50N10O10S2/c38-32(52)27-19-59-58-13-9-29(48)44-26(17-41-33(53)20-7-10-39-11-8-20)34(54)42-18-30(49)43-24(15-31(50)51)35(55)45-25(14-21-16-40-23-5-2-1-4-22(21)23)37(57)47-12-3-6-28(47)36(56)46-27/h1-2,4-5,16,20,24-28,39-40H,3,6-15,17-19H2,(H2,38,52)(H,41,53)(H,42,54)(H,43,49)(H,44,48)(H,45,55)(H,46,56)(H,50,51). The molecular weight excluding hydrogens is 809 g/mol. The molecule has 4 heterocycles. The lowest BCUT2D eigenvalue weighted by Crippen LogP contribution is -2.59. The number of nitrogens with two attached hydrogens (primary N) is 1. The molecule has 3 aliphatic heterocycles. The van der Waals surface area contributed by atoms with Gasteiger partial charge in [-0.25, -0.2) is 0 Å². The Hall–Kier alpha value is -5.35. The third-order valence-corrected chi connectivity index (χ3v) is 12.7. The van der Waals surface area contributed by atoms with Crippen molar-refractivity contribution in [2.24, 2.45) is 11.7 Å². The molecule has 5 rings (SSSR count). The highest BCUT2D eigenvalue weighted by atomic mass is 33.1. The number of aromatic nitrogens is 1. The van der Waals surface area contributed by atoms with E-state index in [1.807, 2.05) is 18.2 Å². The van der Waals surface area contributed by atoms with Gasteiger partial charge >= 0.3 is 5.97 Å². The van der Waals surface area contributed by atoms with Gasteiger partial charge in [0.25, 0.3) is 0 Å². The second-order valence-corrected chi connectivity index (χ2v) is 17.1. The number of carbonyl (C=O) groups is 9. The first-order chi connectivity index (χ1) is 28.3. The summed E-state index contributed by atoms with van der Waals surface area (Å²) >= 11 is 0. The molecule has 5 unspecified atom stereocenters. The van der Waals surface area contributed by atoms with Crippen LogP contribution in [0.15, 0.2) is 30.5 Å². The number of amides is 8. The second-order valence-electron chi connectivity index (χ2n) is 14.5. The van der Waals surface area contributed by atoms with Crippen LogP contribution in [0.25, 0.3) is 10.9 Å². The molecule has 11 N–H and O–H groups in total. The van der Waals surface area contributed by atoms with E-state index in [4.69, 9.17) is 5.73 Å². The summed E-state index contributed by atoms with van der Waals surface area (Å²) in [6, 6.07) is 0.744. The van der Waals surface area contributed by atoms with E-state index in [1.165, 1.54) is 26.5 Å². The Labute approximate surface area is 347 Å². The van der Waals surface area contributed by atoms with E-state index in [-0.39, 0.29) is 55.7 Å². The number of piperidine rings is 1. The van der Waals surface area contributed by atoms with Gasteiger partial charge in [-0.1, -0.05) is 39.8 Å². The molecule has 3 aliphatic rings. The van der Waals surface area contributed by atoms with E-state index in [0.29, 0.717) is 37.9 Å². The van der Waals surface area contributed by atoms with Gasteiger partial charge in [-0.05, 0) is 50.4 Å². The Balaban J connectivity index is 1.39. The van der Waals surface area contributed by atoms with Crippen LogP contribution < -0.4 is 43.0 Å². The van der Waals surface area contributed by atoms with Gasteiger partial charge in [-0.3, -0.25) is 43.2 Å². The van der Waals surface area contributed by atoms with Crippen LogP contribution in [0.2, 0.25) is 0 Å². The van der Waals surface area contributed by atoms with Crippen LogP contribution in [0.4, 0.5) is 0 Å². The normalized spacial score (nSPS) is 25.2. The average Bonchev–Trinajstić information content (AvgIpc) is 3.87. The number of fused-ring (bicyclic) bond motifs is 2. The zero-order valence-electron chi connectivity index (χ0n) is 32.2. The SMILES string of the molecule is NC(=O)C1CSSCCC(=O)NC(CNC(=O)C2CCNCC2)C(=O)NCC(=O)NC(CC(=O)O)C(=O)NC(Cc2c[nH]c3ccccc23)C(=O)N2CCCC2C(=O)N1. The summed E-state index contributed by atoms with van der Waals surface area (Å²) in [5.41, 5.74) is 7.03. The van der Waals surface area contributed by atoms with Crippen molar-refractivity contribution in [2.45, 2.75) is 75.2 Å². The van der Waals surface area contributed by atoms with Gasteiger partial charge in [-0.15, -0.1) is 0 Å². The smallest absolute Gasteiger partial charge is 0.305 e. The van der Waals surface area contributed by atoms with Gasteiger partial charge in [-0.2, -0.15) is 0 Å². The predicted octanol–water partition coefficient (Wildman–Crippen LogP) is -2.38. The monoisotopic (exact) mass is 858 g/mol. The minimum absolute atomic E-state index is 0.0347. The Bertz CT molecular complexity index is 1910. The lowest BCUT2D eigenvalue weighted by molar-refractivity contribution is -0.143. The molecule has 0 saturated carbocycles. The summed E-state index contributed by atoms with van der Waals surface area (Å²) in [7, 11) is 2.40. The highest BCUT2D eigenvalue weighted by Crippen LogP contribution is 2.25. The van der Waals surface area contributed by atoms with E-state index < -0.39 is 90.5 Å². The fraction of sp³-hybridized carbons (Fsp3) is 0.541. The molecule has 8 amide bonds. The number of nitrogens with one attached hydrogen (secondary N) is 8. The maximum atomic E-state index is 14.4. The fourth-order valence-corrected chi connectivity index (χ4v) is 9.26. The number of hydrogen-bond donors (Lipinski definition) is 10. The van der Waals surface area contributed by atoms with Crippen LogP contribution in [0, 0.1) is 5.92 Å². The Kier molecular flexibility index (Phi) is 16.4. The van der Waals surface area contributed by atoms with Crippen molar-refractivity contribution in [2.75, 3.05) is 44.2 Å². The van der Waals surface area contributed by atoms with Gasteiger partial charge in [0, 0.05) is 60.5 Å². The number of carboxylic acid groups (broad SMARTS) is 1. The molecule has 0 radical (unpaired) electrons. The van der Waals surface area contributed by atoms with E-state index in [2.05, 4.69) is 42.2 Å². The highest BCUT2D eigenvalue weighted by molar-refractivity contribution is 8.76. The highest BCUT2D eigenvalue weighted by Gasteiger charge is 2.40. The number of benzene rings is 1. The summed E-state index contributed by atoms with van der Waals surface area (Å²) in [6.07, 6.45) is 2.48. The third-order valence-electron chi connectivity index (χ3n) is 10.2. The summed E-state index contributed by atoms with van der Waals surface area (Å²) in [5.74, 6) is -7.23. The number of primary amides is 1. The summed E-state index contributed by atoms with van der Waals surface area (Å²) in [4.78, 5) is 123. The first kappa shape index (κ1) is 44.7. The van der Waals surface area contributed by atoms with Gasteiger partial charge in [0.05, 0.1) is 13.0 Å². The number of para-hydroxylation sites is 1. The first-order valence-electron chi connectivity index (χ1n) is 19.4. The van der Waals surface area contributed by atoms with Crippen molar-refractivity contribution in [3.63, 3.8) is 0 Å². The summed E-state index contributed by atoms with van der Waals surface area (Å²) < 4.78 is 0. The maximum Gasteiger partial charge on any atom is 0.305 e. The number of rotatable bonds is 8. The summed E-state index contributed by atoms with van der Waals surface area (Å²) in [6.45, 7) is 0.418. The van der Waals surface area contributed by atoms with Crippen LogP contribution in [0.5, 0.6) is 0 Å². The number of hydrogen-bond acceptors (Lipinski definition) is 12. The third kappa shape index (κ3) is 12.8. The quantitative estimate of drug-likeness (QED) is 0.124. The molecule has 20 nitrogen and oxygen atoms in total. The molecule has 0 aliphatic carbocycles. The molecule has 320 valence electrons. The maximum absolute atomic E-state index is 14.4. The number of H-pyrrole nitrogens is 1. The van der Waals surface area contributed by atoms with Crippen molar-refractivity contribution in [1.29, 1.82) is 0 Å². The van der Waals surface area contributed by atoms with Crippen molar-refractivity contribution < 1.29 is 48.3 Å². The number of nitrogens with zero attached hydrogens (tertiary/aromatic N) is 1. The molecule has 3 fully saturated rings. The van der Waals surface area contributed by atoms with E-state index >= 15 is 0 Å². The van der Waals surface area contributed by atoms with Crippen LogP contribution in [0.3, 0.4) is 0 Å². The number of carboxylic acids is 1. The van der Waals surface area contributed by atoms with Gasteiger partial charge in [0.1, 0.15) is 30.2 Å².